The van der Waals surface area contributed by atoms with Crippen LogP contribution in [0.3, 0.4) is 0 Å². The molecule has 0 heterocycles. The van der Waals surface area contributed by atoms with Gasteiger partial charge in [-0.2, -0.15) is 0 Å². The van der Waals surface area contributed by atoms with Crippen molar-refractivity contribution in [1.82, 2.24) is 4.90 Å². The van der Waals surface area contributed by atoms with E-state index in [1.165, 1.54) is 12.1 Å². The molecule has 114 valence electrons. The van der Waals surface area contributed by atoms with E-state index in [0.717, 1.165) is 31.7 Å². The summed E-state index contributed by atoms with van der Waals surface area (Å²) in [6, 6.07) is 3.88. The molecule has 6 nitrogen and oxygen atoms in total. The lowest BCUT2D eigenvalue weighted by molar-refractivity contribution is 0.0697. The van der Waals surface area contributed by atoms with Crippen LogP contribution in [-0.2, 0) is 0 Å². The van der Waals surface area contributed by atoms with Gasteiger partial charge in [-0.05, 0) is 37.5 Å². The van der Waals surface area contributed by atoms with Gasteiger partial charge in [0.05, 0.1) is 11.3 Å². The van der Waals surface area contributed by atoms with Gasteiger partial charge in [0.15, 0.2) is 0 Å². The monoisotopic (exact) mass is 292 g/mol. The molecule has 1 fully saturated rings. The molecule has 21 heavy (non-hydrogen) atoms. The van der Waals surface area contributed by atoms with E-state index >= 15 is 0 Å². The summed E-state index contributed by atoms with van der Waals surface area (Å²) >= 11 is 0. The number of phenols is 1. The molecule has 1 aliphatic rings. The quantitative estimate of drug-likeness (QED) is 0.703. The molecule has 0 bridgehead atoms. The SMILES string of the molecule is CCCCN(C(=O)Nc1ccc(O)cc1C(=O)O)C1CC1. The van der Waals surface area contributed by atoms with Crippen molar-refractivity contribution < 1.29 is 19.8 Å². The minimum absolute atomic E-state index is 0.116. The molecule has 2 rings (SSSR count). The third-order valence-electron chi connectivity index (χ3n) is 3.48. The number of rotatable bonds is 6. The topological polar surface area (TPSA) is 89.9 Å². The average molecular weight is 292 g/mol. The van der Waals surface area contributed by atoms with E-state index in [9.17, 15) is 14.7 Å². The van der Waals surface area contributed by atoms with E-state index < -0.39 is 5.97 Å². The van der Waals surface area contributed by atoms with Crippen LogP contribution in [0.15, 0.2) is 18.2 Å². The number of aromatic carboxylic acids is 1. The Morgan fingerprint density at radius 1 is 1.38 bits per heavy atom. The summed E-state index contributed by atoms with van der Waals surface area (Å²) in [6.07, 6.45) is 3.92. The van der Waals surface area contributed by atoms with Gasteiger partial charge in [-0.1, -0.05) is 13.3 Å². The van der Waals surface area contributed by atoms with Crippen molar-refractivity contribution in [3.05, 3.63) is 23.8 Å². The van der Waals surface area contributed by atoms with Crippen LogP contribution in [-0.4, -0.2) is 39.7 Å². The summed E-state index contributed by atoms with van der Waals surface area (Å²) in [5.41, 5.74) is 0.0852. The molecule has 0 atom stereocenters. The van der Waals surface area contributed by atoms with Crippen LogP contribution in [0, 0.1) is 0 Å². The van der Waals surface area contributed by atoms with E-state index in [2.05, 4.69) is 12.2 Å². The largest absolute Gasteiger partial charge is 0.508 e. The van der Waals surface area contributed by atoms with Crippen LogP contribution in [0.1, 0.15) is 43.0 Å². The van der Waals surface area contributed by atoms with Crippen LogP contribution < -0.4 is 5.32 Å². The maximum Gasteiger partial charge on any atom is 0.337 e. The number of urea groups is 1. The van der Waals surface area contributed by atoms with Crippen molar-refractivity contribution in [3.8, 4) is 5.75 Å². The van der Waals surface area contributed by atoms with Crippen molar-refractivity contribution >= 4 is 17.7 Å². The van der Waals surface area contributed by atoms with Gasteiger partial charge in [-0.25, -0.2) is 9.59 Å². The third-order valence-corrected chi connectivity index (χ3v) is 3.48. The average Bonchev–Trinajstić information content (AvgIpc) is 3.25. The number of amides is 2. The second kappa shape index (κ2) is 6.47. The van der Waals surface area contributed by atoms with Crippen LogP contribution >= 0.6 is 0 Å². The molecule has 0 aliphatic heterocycles. The molecule has 0 spiro atoms. The first-order valence-corrected chi connectivity index (χ1v) is 7.17. The molecule has 0 radical (unpaired) electrons. The Labute approximate surface area is 123 Å². The van der Waals surface area contributed by atoms with Crippen LogP contribution in [0.2, 0.25) is 0 Å². The molecule has 1 aromatic rings. The number of nitrogens with one attached hydrogen (secondary N) is 1. The predicted octanol–water partition coefficient (Wildman–Crippen LogP) is 2.89. The summed E-state index contributed by atoms with van der Waals surface area (Å²) in [4.78, 5) is 25.3. The zero-order valence-electron chi connectivity index (χ0n) is 12.0. The maximum atomic E-state index is 12.3. The lowest BCUT2D eigenvalue weighted by Crippen LogP contribution is -2.37. The second-order valence-corrected chi connectivity index (χ2v) is 5.24. The van der Waals surface area contributed by atoms with Gasteiger partial charge in [-0.15, -0.1) is 0 Å². The summed E-state index contributed by atoms with van der Waals surface area (Å²) in [5.74, 6) is -1.33. The first-order valence-electron chi connectivity index (χ1n) is 7.17. The molecule has 0 saturated heterocycles. The van der Waals surface area contributed by atoms with Crippen molar-refractivity contribution in [2.24, 2.45) is 0 Å². The number of phenolic OH excluding ortho intramolecular Hbond substituents is 1. The summed E-state index contributed by atoms with van der Waals surface area (Å²) in [6.45, 7) is 2.74. The number of aromatic hydroxyl groups is 1. The summed E-state index contributed by atoms with van der Waals surface area (Å²) < 4.78 is 0. The maximum absolute atomic E-state index is 12.3. The molecule has 1 aliphatic carbocycles. The number of carbonyl (C=O) groups is 2. The fourth-order valence-corrected chi connectivity index (χ4v) is 2.17. The smallest absolute Gasteiger partial charge is 0.337 e. The van der Waals surface area contributed by atoms with Crippen molar-refractivity contribution in [2.45, 2.75) is 38.6 Å². The van der Waals surface area contributed by atoms with E-state index in [0.29, 0.717) is 6.54 Å². The minimum Gasteiger partial charge on any atom is -0.508 e. The lowest BCUT2D eigenvalue weighted by atomic mass is 10.1. The highest BCUT2D eigenvalue weighted by molar-refractivity contribution is 6.00. The lowest BCUT2D eigenvalue weighted by Gasteiger charge is -2.23. The number of hydrogen-bond acceptors (Lipinski definition) is 3. The number of unbranched alkanes of at least 4 members (excludes halogenated alkanes) is 1. The fourth-order valence-electron chi connectivity index (χ4n) is 2.17. The number of hydrogen-bond donors (Lipinski definition) is 3. The van der Waals surface area contributed by atoms with Gasteiger partial charge in [0, 0.05) is 12.6 Å². The Morgan fingerprint density at radius 3 is 2.67 bits per heavy atom. The molecule has 0 unspecified atom stereocenters. The highest BCUT2D eigenvalue weighted by Crippen LogP contribution is 2.28. The number of nitrogens with zero attached hydrogens (tertiary/aromatic N) is 1. The first-order chi connectivity index (χ1) is 10.0. The van der Waals surface area contributed by atoms with Crippen molar-refractivity contribution in [3.63, 3.8) is 0 Å². The predicted molar refractivity (Wildman–Crippen MR) is 78.7 cm³/mol. The molecule has 1 aromatic carbocycles. The number of anilines is 1. The zero-order chi connectivity index (χ0) is 15.4. The van der Waals surface area contributed by atoms with Crippen LogP contribution in [0.25, 0.3) is 0 Å². The molecule has 0 aromatic heterocycles. The van der Waals surface area contributed by atoms with Gasteiger partial charge < -0.3 is 20.4 Å². The van der Waals surface area contributed by atoms with E-state index in [1.807, 2.05) is 0 Å². The van der Waals surface area contributed by atoms with Gasteiger partial charge in [0.25, 0.3) is 0 Å². The van der Waals surface area contributed by atoms with Crippen molar-refractivity contribution in [2.75, 3.05) is 11.9 Å². The van der Waals surface area contributed by atoms with Gasteiger partial charge in [0.2, 0.25) is 0 Å². The molecular weight excluding hydrogens is 272 g/mol. The van der Waals surface area contributed by atoms with Crippen molar-refractivity contribution in [1.29, 1.82) is 0 Å². The standard InChI is InChI=1S/C15H20N2O4/c1-2-3-8-17(10-4-5-10)15(21)16-13-7-6-11(18)9-12(13)14(19)20/h6-7,9-10,18H,2-5,8H2,1H3,(H,16,21)(H,19,20). The molecule has 1 saturated carbocycles. The Morgan fingerprint density at radius 2 is 2.10 bits per heavy atom. The van der Waals surface area contributed by atoms with Crippen LogP contribution in [0.4, 0.5) is 10.5 Å². The summed E-state index contributed by atoms with van der Waals surface area (Å²) in [7, 11) is 0. The highest BCUT2D eigenvalue weighted by Gasteiger charge is 2.32. The van der Waals surface area contributed by atoms with Gasteiger partial charge in [-0.3, -0.25) is 0 Å². The van der Waals surface area contributed by atoms with E-state index in [1.54, 1.807) is 4.90 Å². The second-order valence-electron chi connectivity index (χ2n) is 5.24. The number of carbonyl (C=O) groups excluding carboxylic acids is 1. The Hall–Kier alpha value is -2.24. The summed E-state index contributed by atoms with van der Waals surface area (Å²) in [5, 5.41) is 21.1. The molecule has 6 heteroatoms. The first kappa shape index (κ1) is 15.2. The third kappa shape index (κ3) is 3.87. The minimum atomic E-state index is -1.19. The Kier molecular flexibility index (Phi) is 4.67. The van der Waals surface area contributed by atoms with E-state index in [4.69, 9.17) is 5.11 Å². The zero-order valence-corrected chi connectivity index (χ0v) is 12.0. The highest BCUT2D eigenvalue weighted by atomic mass is 16.4. The van der Waals surface area contributed by atoms with E-state index in [-0.39, 0.29) is 29.1 Å². The fraction of sp³-hybridized carbons (Fsp3) is 0.467. The number of carboxylic acid groups (broad SMARTS) is 1. The van der Waals surface area contributed by atoms with Gasteiger partial charge >= 0.3 is 12.0 Å². The van der Waals surface area contributed by atoms with Crippen LogP contribution in [0.5, 0.6) is 5.75 Å². The number of carboxylic acids is 1. The number of benzene rings is 1. The van der Waals surface area contributed by atoms with Gasteiger partial charge in [0.1, 0.15) is 5.75 Å². The molecular formula is C15H20N2O4. The molecule has 3 N–H and O–H groups in total. The normalized spacial score (nSPS) is 13.8. The Balaban J connectivity index is 2.12. The Bertz CT molecular complexity index is 540. The molecule has 2 amide bonds.